The second-order valence-electron chi connectivity index (χ2n) is 4.73. The Morgan fingerprint density at radius 1 is 1.27 bits per heavy atom. The minimum atomic E-state index is 0.0148. The lowest BCUT2D eigenvalue weighted by molar-refractivity contribution is 0.376. The molecule has 1 unspecified atom stereocenters. The summed E-state index contributed by atoms with van der Waals surface area (Å²) in [6.45, 7) is 6.67. The Balaban J connectivity index is 1.87. The molecule has 0 amide bonds. The van der Waals surface area contributed by atoms with E-state index in [0.717, 1.165) is 23.1 Å². The fraction of sp³-hybridized carbons (Fsp3) is 0.357. The highest BCUT2D eigenvalue weighted by Crippen LogP contribution is 2.34. The van der Waals surface area contributed by atoms with Crippen LogP contribution in [0.5, 0.6) is 0 Å². The zero-order valence-electron chi connectivity index (χ0n) is 12.6. The molecule has 8 heteroatoms. The number of pyridine rings is 1. The quantitative estimate of drug-likeness (QED) is 0.669. The fourth-order valence-corrected chi connectivity index (χ4v) is 3.01. The topological polar surface area (TPSA) is 82.5 Å². The third-order valence-electron chi connectivity index (χ3n) is 3.14. The number of aromatic nitrogens is 6. The first-order chi connectivity index (χ1) is 10.7. The molecule has 0 radical (unpaired) electrons. The molecule has 1 atom stereocenters. The molecule has 0 aliphatic rings. The van der Waals surface area contributed by atoms with Gasteiger partial charge in [-0.05, 0) is 32.9 Å². The SMILES string of the molecule is CCn1c(SC(C)c2nc(C)no2)nnc1-c1ccncc1. The lowest BCUT2D eigenvalue weighted by Gasteiger charge is -2.09. The van der Waals surface area contributed by atoms with Gasteiger partial charge in [0.1, 0.15) is 0 Å². The summed E-state index contributed by atoms with van der Waals surface area (Å²) in [6.07, 6.45) is 3.50. The van der Waals surface area contributed by atoms with E-state index in [1.165, 1.54) is 0 Å². The van der Waals surface area contributed by atoms with E-state index in [4.69, 9.17) is 4.52 Å². The van der Waals surface area contributed by atoms with E-state index in [9.17, 15) is 0 Å². The Kier molecular flexibility index (Phi) is 4.19. The summed E-state index contributed by atoms with van der Waals surface area (Å²) < 4.78 is 7.28. The van der Waals surface area contributed by atoms with Gasteiger partial charge in [0.25, 0.3) is 0 Å². The van der Waals surface area contributed by atoms with E-state index in [2.05, 4.69) is 36.8 Å². The average molecular weight is 316 g/mol. The Hall–Kier alpha value is -2.22. The van der Waals surface area contributed by atoms with Crippen molar-refractivity contribution in [3.63, 3.8) is 0 Å². The van der Waals surface area contributed by atoms with E-state index in [-0.39, 0.29) is 5.25 Å². The number of hydrogen-bond donors (Lipinski definition) is 0. The largest absolute Gasteiger partial charge is 0.338 e. The molecule has 0 spiro atoms. The lowest BCUT2D eigenvalue weighted by atomic mass is 10.2. The summed E-state index contributed by atoms with van der Waals surface area (Å²) in [4.78, 5) is 8.30. The normalized spacial score (nSPS) is 12.5. The molecule has 0 aliphatic carbocycles. The zero-order chi connectivity index (χ0) is 15.5. The monoisotopic (exact) mass is 316 g/mol. The van der Waals surface area contributed by atoms with E-state index in [0.29, 0.717) is 11.7 Å². The molecule has 0 aromatic carbocycles. The average Bonchev–Trinajstić information content (AvgIpc) is 3.14. The van der Waals surface area contributed by atoms with Gasteiger partial charge in [-0.25, -0.2) is 0 Å². The van der Waals surface area contributed by atoms with Gasteiger partial charge < -0.3 is 9.09 Å². The lowest BCUT2D eigenvalue weighted by Crippen LogP contribution is -2.01. The molecule has 3 aromatic heterocycles. The van der Waals surface area contributed by atoms with Crippen LogP contribution in [0.3, 0.4) is 0 Å². The van der Waals surface area contributed by atoms with Crippen LogP contribution in [0, 0.1) is 6.92 Å². The first kappa shape index (κ1) is 14.7. The maximum absolute atomic E-state index is 5.22. The van der Waals surface area contributed by atoms with Crippen LogP contribution in [0.2, 0.25) is 0 Å². The minimum absolute atomic E-state index is 0.0148. The highest BCUT2D eigenvalue weighted by Gasteiger charge is 2.20. The summed E-state index contributed by atoms with van der Waals surface area (Å²) in [6, 6.07) is 3.85. The molecule has 0 saturated carbocycles. The Bertz CT molecular complexity index is 754. The highest BCUT2D eigenvalue weighted by molar-refractivity contribution is 7.99. The number of aryl methyl sites for hydroxylation is 1. The van der Waals surface area contributed by atoms with Crippen LogP contribution in [-0.2, 0) is 6.54 Å². The van der Waals surface area contributed by atoms with Gasteiger partial charge in [-0.2, -0.15) is 4.98 Å². The van der Waals surface area contributed by atoms with Crippen molar-refractivity contribution in [1.82, 2.24) is 29.9 Å². The van der Waals surface area contributed by atoms with Crippen molar-refractivity contribution in [1.29, 1.82) is 0 Å². The fourth-order valence-electron chi connectivity index (χ4n) is 2.06. The highest BCUT2D eigenvalue weighted by atomic mass is 32.2. The molecule has 3 heterocycles. The second kappa shape index (κ2) is 6.27. The molecule has 0 aliphatic heterocycles. The van der Waals surface area contributed by atoms with Crippen LogP contribution < -0.4 is 0 Å². The van der Waals surface area contributed by atoms with Crippen molar-refractivity contribution in [2.45, 2.75) is 37.7 Å². The molecule has 7 nitrogen and oxygen atoms in total. The van der Waals surface area contributed by atoms with Gasteiger partial charge in [0, 0.05) is 24.5 Å². The number of rotatable bonds is 5. The van der Waals surface area contributed by atoms with Crippen LogP contribution in [0.1, 0.15) is 30.8 Å². The molecule has 0 N–H and O–H groups in total. The summed E-state index contributed by atoms with van der Waals surface area (Å²) >= 11 is 1.55. The van der Waals surface area contributed by atoms with Crippen LogP contribution in [-0.4, -0.2) is 29.9 Å². The zero-order valence-corrected chi connectivity index (χ0v) is 13.4. The van der Waals surface area contributed by atoms with Crippen molar-refractivity contribution in [3.8, 4) is 11.4 Å². The Labute approximate surface area is 132 Å². The van der Waals surface area contributed by atoms with Crippen LogP contribution in [0.25, 0.3) is 11.4 Å². The van der Waals surface area contributed by atoms with Gasteiger partial charge in [0.15, 0.2) is 16.8 Å². The molecule has 0 saturated heterocycles. The molecule has 3 aromatic rings. The molecular formula is C14H16N6OS. The maximum Gasteiger partial charge on any atom is 0.239 e. The molecule has 22 heavy (non-hydrogen) atoms. The number of thioether (sulfide) groups is 1. The smallest absolute Gasteiger partial charge is 0.239 e. The van der Waals surface area contributed by atoms with Crippen LogP contribution in [0.15, 0.2) is 34.2 Å². The van der Waals surface area contributed by atoms with E-state index in [1.807, 2.05) is 19.1 Å². The van der Waals surface area contributed by atoms with Crippen molar-refractivity contribution < 1.29 is 4.52 Å². The van der Waals surface area contributed by atoms with E-state index < -0.39 is 0 Å². The molecule has 3 rings (SSSR count). The molecule has 0 bridgehead atoms. The van der Waals surface area contributed by atoms with Gasteiger partial charge in [-0.1, -0.05) is 16.9 Å². The Morgan fingerprint density at radius 3 is 2.68 bits per heavy atom. The number of nitrogens with zero attached hydrogens (tertiary/aromatic N) is 6. The van der Waals surface area contributed by atoms with Gasteiger partial charge in [0.2, 0.25) is 5.89 Å². The van der Waals surface area contributed by atoms with Gasteiger partial charge >= 0.3 is 0 Å². The summed E-state index contributed by atoms with van der Waals surface area (Å²) in [5.74, 6) is 2.07. The third-order valence-corrected chi connectivity index (χ3v) is 4.21. The maximum atomic E-state index is 5.22. The molecule has 0 fully saturated rings. The summed E-state index contributed by atoms with van der Waals surface area (Å²) in [7, 11) is 0. The van der Waals surface area contributed by atoms with E-state index >= 15 is 0 Å². The van der Waals surface area contributed by atoms with Gasteiger partial charge in [0.05, 0.1) is 5.25 Å². The predicted molar refractivity (Wildman–Crippen MR) is 82.2 cm³/mol. The second-order valence-corrected chi connectivity index (χ2v) is 6.03. The van der Waals surface area contributed by atoms with Crippen molar-refractivity contribution >= 4 is 11.8 Å². The van der Waals surface area contributed by atoms with Crippen LogP contribution >= 0.6 is 11.8 Å². The molecular weight excluding hydrogens is 300 g/mol. The predicted octanol–water partition coefficient (Wildman–Crippen LogP) is 2.90. The minimum Gasteiger partial charge on any atom is -0.338 e. The first-order valence-corrected chi connectivity index (χ1v) is 7.87. The van der Waals surface area contributed by atoms with Gasteiger partial charge in [-0.15, -0.1) is 10.2 Å². The molecule has 114 valence electrons. The number of hydrogen-bond acceptors (Lipinski definition) is 7. The van der Waals surface area contributed by atoms with Crippen molar-refractivity contribution in [3.05, 3.63) is 36.2 Å². The Morgan fingerprint density at radius 2 is 2.05 bits per heavy atom. The third kappa shape index (κ3) is 2.87. The van der Waals surface area contributed by atoms with E-state index in [1.54, 1.807) is 31.1 Å². The summed E-state index contributed by atoms with van der Waals surface area (Å²) in [5.41, 5.74) is 0.998. The van der Waals surface area contributed by atoms with Gasteiger partial charge in [-0.3, -0.25) is 4.98 Å². The van der Waals surface area contributed by atoms with Crippen LogP contribution in [0.4, 0.5) is 0 Å². The standard InChI is InChI=1S/C14H16N6OS/c1-4-20-12(11-5-7-15-8-6-11)17-18-14(20)22-9(2)13-16-10(3)19-21-13/h5-9H,4H2,1-3H3. The van der Waals surface area contributed by atoms with Crippen molar-refractivity contribution in [2.24, 2.45) is 0 Å². The first-order valence-electron chi connectivity index (χ1n) is 6.99. The van der Waals surface area contributed by atoms with Crippen molar-refractivity contribution in [2.75, 3.05) is 0 Å². The summed E-state index contributed by atoms with van der Waals surface area (Å²) in [5, 5.41) is 13.3.